The quantitative estimate of drug-likeness (QED) is 0.815. The number of hydrogen-bond acceptors (Lipinski definition) is 4. The van der Waals surface area contributed by atoms with Gasteiger partial charge in [0.2, 0.25) is 0 Å². The number of methoxy groups -OCH3 is 1. The Morgan fingerprint density at radius 1 is 1.60 bits per heavy atom. The first-order valence-corrected chi connectivity index (χ1v) is 5.60. The van der Waals surface area contributed by atoms with E-state index in [1.165, 1.54) is 19.3 Å². The zero-order valence-corrected chi connectivity index (χ0v) is 8.90. The molecule has 1 saturated carbocycles. The molecule has 15 heavy (non-hydrogen) atoms. The Balaban J connectivity index is 1.65. The Hall–Kier alpha value is -1.03. The van der Waals surface area contributed by atoms with Gasteiger partial charge in [0.1, 0.15) is 6.20 Å². The molecule has 2 aliphatic rings. The number of piperidine rings is 1. The van der Waals surface area contributed by atoms with Crippen LogP contribution in [0, 0.1) is 5.92 Å². The summed E-state index contributed by atoms with van der Waals surface area (Å²) in [5, 5.41) is 3.63. The molecule has 0 spiro atoms. The monoisotopic (exact) mass is 208 g/mol. The number of oxazole rings is 1. The molecule has 2 fully saturated rings. The first kappa shape index (κ1) is 9.21. The second-order valence-corrected chi connectivity index (χ2v) is 4.52. The van der Waals surface area contributed by atoms with E-state index in [9.17, 15) is 0 Å². The number of aromatic nitrogens is 1. The van der Waals surface area contributed by atoms with Crippen molar-refractivity contribution in [3.8, 4) is 5.95 Å². The third-order valence-corrected chi connectivity index (χ3v) is 3.62. The minimum Gasteiger partial charge on any atom is -0.467 e. The molecule has 0 radical (unpaired) electrons. The fourth-order valence-electron chi connectivity index (χ4n) is 2.87. The molecule has 0 amide bonds. The van der Waals surface area contributed by atoms with E-state index in [1.54, 1.807) is 13.3 Å². The van der Waals surface area contributed by atoms with E-state index in [4.69, 9.17) is 9.15 Å². The van der Waals surface area contributed by atoms with Gasteiger partial charge in [0.05, 0.1) is 7.11 Å². The van der Waals surface area contributed by atoms with E-state index in [0.29, 0.717) is 12.0 Å². The highest BCUT2D eigenvalue weighted by Crippen LogP contribution is 2.36. The summed E-state index contributed by atoms with van der Waals surface area (Å²) in [6, 6.07) is 1.31. The van der Waals surface area contributed by atoms with E-state index in [-0.39, 0.29) is 0 Å². The molecule has 2 heterocycles. The number of rotatable bonds is 3. The maximum Gasteiger partial charge on any atom is 0.304 e. The van der Waals surface area contributed by atoms with Gasteiger partial charge in [0.25, 0.3) is 0 Å². The van der Waals surface area contributed by atoms with Crippen LogP contribution in [0.25, 0.3) is 0 Å². The SMILES string of the molecule is COc1cnc(CC2NC3CCC2C3)o1. The standard InChI is InChI=1S/C11H16N2O2/c1-14-11-6-12-10(15-11)5-9-7-2-3-8(4-7)13-9/h6-9,13H,2-5H2,1H3. The van der Waals surface area contributed by atoms with E-state index >= 15 is 0 Å². The van der Waals surface area contributed by atoms with Crippen molar-refractivity contribution in [3.63, 3.8) is 0 Å². The van der Waals surface area contributed by atoms with Gasteiger partial charge in [-0.25, -0.2) is 4.98 Å². The molecule has 3 rings (SSSR count). The zero-order valence-electron chi connectivity index (χ0n) is 8.90. The van der Waals surface area contributed by atoms with E-state index in [2.05, 4.69) is 10.3 Å². The molecule has 1 aliphatic heterocycles. The van der Waals surface area contributed by atoms with Gasteiger partial charge in [-0.1, -0.05) is 0 Å². The molecule has 3 unspecified atom stereocenters. The first-order valence-electron chi connectivity index (χ1n) is 5.60. The fourth-order valence-corrected chi connectivity index (χ4v) is 2.87. The predicted molar refractivity (Wildman–Crippen MR) is 54.8 cm³/mol. The first-order chi connectivity index (χ1) is 7.35. The summed E-state index contributed by atoms with van der Waals surface area (Å²) >= 11 is 0. The Morgan fingerprint density at radius 3 is 3.13 bits per heavy atom. The predicted octanol–water partition coefficient (Wildman–Crippen LogP) is 1.37. The second kappa shape index (κ2) is 3.52. The molecule has 2 bridgehead atoms. The van der Waals surface area contributed by atoms with Crippen LogP contribution in [0.3, 0.4) is 0 Å². The van der Waals surface area contributed by atoms with E-state index in [1.807, 2.05) is 0 Å². The summed E-state index contributed by atoms with van der Waals surface area (Å²) < 4.78 is 10.4. The minimum atomic E-state index is 0.508. The highest BCUT2D eigenvalue weighted by atomic mass is 16.6. The lowest BCUT2D eigenvalue weighted by molar-refractivity contribution is 0.281. The number of nitrogens with one attached hydrogen (secondary N) is 1. The van der Waals surface area contributed by atoms with Crippen molar-refractivity contribution in [2.75, 3.05) is 7.11 Å². The maximum absolute atomic E-state index is 5.43. The van der Waals surface area contributed by atoms with Crippen LogP contribution in [0.15, 0.2) is 10.6 Å². The van der Waals surface area contributed by atoms with Gasteiger partial charge >= 0.3 is 5.95 Å². The van der Waals surface area contributed by atoms with Gasteiger partial charge in [-0.3, -0.25) is 0 Å². The Labute approximate surface area is 89.0 Å². The number of fused-ring (bicyclic) bond motifs is 2. The van der Waals surface area contributed by atoms with Crippen molar-refractivity contribution < 1.29 is 9.15 Å². The molecule has 1 aromatic heterocycles. The number of hydrogen-bond donors (Lipinski definition) is 1. The third-order valence-electron chi connectivity index (χ3n) is 3.62. The van der Waals surface area contributed by atoms with Crippen LogP contribution >= 0.6 is 0 Å². The number of ether oxygens (including phenoxy) is 1. The molecule has 4 heteroatoms. The number of nitrogens with zero attached hydrogens (tertiary/aromatic N) is 1. The largest absolute Gasteiger partial charge is 0.467 e. The summed E-state index contributed by atoms with van der Waals surface area (Å²) in [4.78, 5) is 4.20. The molecule has 1 saturated heterocycles. The summed E-state index contributed by atoms with van der Waals surface area (Å²) in [5.41, 5.74) is 0. The topological polar surface area (TPSA) is 47.3 Å². The van der Waals surface area contributed by atoms with Gasteiger partial charge in [-0.05, 0) is 25.2 Å². The average Bonchev–Trinajstić information content (AvgIpc) is 2.92. The van der Waals surface area contributed by atoms with Crippen molar-refractivity contribution in [2.24, 2.45) is 5.92 Å². The van der Waals surface area contributed by atoms with E-state index in [0.717, 1.165) is 24.3 Å². The van der Waals surface area contributed by atoms with Crippen molar-refractivity contribution in [1.29, 1.82) is 0 Å². The smallest absolute Gasteiger partial charge is 0.304 e. The lowest BCUT2D eigenvalue weighted by Gasteiger charge is -2.21. The van der Waals surface area contributed by atoms with Crippen molar-refractivity contribution in [1.82, 2.24) is 10.3 Å². The molecule has 3 atom stereocenters. The van der Waals surface area contributed by atoms with Crippen molar-refractivity contribution in [2.45, 2.75) is 37.8 Å². The summed E-state index contributed by atoms with van der Waals surface area (Å²) in [6.45, 7) is 0. The van der Waals surface area contributed by atoms with E-state index < -0.39 is 0 Å². The fraction of sp³-hybridized carbons (Fsp3) is 0.727. The molecule has 1 N–H and O–H groups in total. The van der Waals surface area contributed by atoms with Gasteiger partial charge in [0.15, 0.2) is 5.89 Å². The van der Waals surface area contributed by atoms with Crippen LogP contribution in [-0.2, 0) is 6.42 Å². The highest BCUT2D eigenvalue weighted by molar-refractivity contribution is 5.04. The Bertz CT molecular complexity index is 350. The molecular weight excluding hydrogens is 192 g/mol. The van der Waals surface area contributed by atoms with Gasteiger partial charge in [-0.15, -0.1) is 0 Å². The molecule has 1 aromatic rings. The zero-order chi connectivity index (χ0) is 10.3. The van der Waals surface area contributed by atoms with Crippen LogP contribution in [0.5, 0.6) is 5.95 Å². The van der Waals surface area contributed by atoms with Crippen LogP contribution in [0.2, 0.25) is 0 Å². The van der Waals surface area contributed by atoms with Crippen LogP contribution in [0.4, 0.5) is 0 Å². The molecule has 0 aromatic carbocycles. The highest BCUT2D eigenvalue weighted by Gasteiger charge is 2.39. The maximum atomic E-state index is 5.43. The Morgan fingerprint density at radius 2 is 2.53 bits per heavy atom. The van der Waals surface area contributed by atoms with Gasteiger partial charge in [-0.2, -0.15) is 0 Å². The summed E-state index contributed by atoms with van der Waals surface area (Å²) in [5.74, 6) is 2.12. The van der Waals surface area contributed by atoms with Gasteiger partial charge in [0, 0.05) is 18.5 Å². The molecule has 4 nitrogen and oxygen atoms in total. The lowest BCUT2D eigenvalue weighted by atomic mass is 9.97. The third kappa shape index (κ3) is 1.63. The van der Waals surface area contributed by atoms with Crippen LogP contribution in [-0.4, -0.2) is 24.2 Å². The minimum absolute atomic E-state index is 0.508. The van der Waals surface area contributed by atoms with Gasteiger partial charge < -0.3 is 14.5 Å². The van der Waals surface area contributed by atoms with Crippen molar-refractivity contribution >= 4 is 0 Å². The van der Waals surface area contributed by atoms with Crippen LogP contribution in [0.1, 0.15) is 25.2 Å². The van der Waals surface area contributed by atoms with Crippen molar-refractivity contribution in [3.05, 3.63) is 12.1 Å². The molecule has 1 aliphatic carbocycles. The lowest BCUT2D eigenvalue weighted by Crippen LogP contribution is -2.37. The second-order valence-electron chi connectivity index (χ2n) is 4.52. The normalized spacial score (nSPS) is 33.5. The summed E-state index contributed by atoms with van der Waals surface area (Å²) in [6.07, 6.45) is 6.58. The van der Waals surface area contributed by atoms with Crippen LogP contribution < -0.4 is 10.1 Å². The summed E-state index contributed by atoms with van der Waals surface area (Å²) in [7, 11) is 1.60. The average molecular weight is 208 g/mol. The Kier molecular flexibility index (Phi) is 2.16. The molecular formula is C11H16N2O2. The molecule has 82 valence electrons.